The molecule has 2 heterocycles. The zero-order chi connectivity index (χ0) is 22.9. The van der Waals surface area contributed by atoms with Crippen molar-refractivity contribution in [3.05, 3.63) is 59.9 Å². The summed E-state index contributed by atoms with van der Waals surface area (Å²) in [6.07, 6.45) is 1.91. The van der Waals surface area contributed by atoms with Crippen LogP contribution in [-0.4, -0.2) is 58.5 Å². The summed E-state index contributed by atoms with van der Waals surface area (Å²) in [6.45, 7) is -0.323. The van der Waals surface area contributed by atoms with Gasteiger partial charge in [-0.15, -0.1) is 0 Å². The van der Waals surface area contributed by atoms with E-state index in [0.717, 1.165) is 5.56 Å². The number of benzene rings is 2. The van der Waals surface area contributed by atoms with Crippen LogP contribution in [0.4, 0.5) is 13.2 Å². The van der Waals surface area contributed by atoms with Gasteiger partial charge in [-0.25, -0.2) is 22.1 Å². The van der Waals surface area contributed by atoms with Crippen molar-refractivity contribution in [2.45, 2.75) is 43.4 Å². The van der Waals surface area contributed by atoms with E-state index in [0.29, 0.717) is 30.6 Å². The van der Waals surface area contributed by atoms with Crippen molar-refractivity contribution >= 4 is 16.9 Å². The van der Waals surface area contributed by atoms with E-state index in [-0.39, 0.29) is 12.2 Å². The topological polar surface area (TPSA) is 58.6 Å². The Morgan fingerprint density at radius 3 is 2.59 bits per heavy atom. The number of carbonyl (C=O) groups excluding carboxylic acids is 1. The summed E-state index contributed by atoms with van der Waals surface area (Å²) in [5.74, 6) is -4.07. The van der Waals surface area contributed by atoms with Crippen LogP contribution in [-0.2, 0) is 26.9 Å². The number of nitrogens with zero attached hydrogens (tertiary/aromatic N) is 1. The number of ether oxygens (including phenoxy) is 1. The van der Waals surface area contributed by atoms with Gasteiger partial charge in [-0.3, -0.25) is 4.79 Å². The standard InChI is InChI=1S/C23H25F3N2O3S/c1-32(30)27-21-19(28(14-23(21,25)26)22(29)20-9-4-10-31-20)12-15-5-2-6-16(11-15)17-7-3-8-18(24)13-17/h2-3,5-8,11,13,19-21,27H,4,9-10,12,14H2,1H3/t19-,20+,21+,32?/m0/s1. The summed E-state index contributed by atoms with van der Waals surface area (Å²) in [5, 5.41) is 0. The molecule has 4 rings (SSSR count). The molecule has 1 amide bonds. The minimum absolute atomic E-state index is 0.131. The van der Waals surface area contributed by atoms with Crippen LogP contribution < -0.4 is 4.72 Å². The Balaban J connectivity index is 1.65. The molecule has 4 atom stereocenters. The van der Waals surface area contributed by atoms with E-state index in [1.807, 2.05) is 6.07 Å². The van der Waals surface area contributed by atoms with Gasteiger partial charge in [-0.1, -0.05) is 36.4 Å². The molecule has 9 heteroatoms. The van der Waals surface area contributed by atoms with E-state index in [1.54, 1.807) is 30.3 Å². The Morgan fingerprint density at radius 1 is 1.22 bits per heavy atom. The molecule has 0 spiro atoms. The average molecular weight is 467 g/mol. The number of rotatable bonds is 6. The van der Waals surface area contributed by atoms with Crippen LogP contribution in [0.2, 0.25) is 0 Å². The fraction of sp³-hybridized carbons (Fsp3) is 0.435. The molecule has 2 saturated heterocycles. The summed E-state index contributed by atoms with van der Waals surface area (Å²) >= 11 is 0. The second kappa shape index (κ2) is 9.33. The van der Waals surface area contributed by atoms with E-state index in [2.05, 4.69) is 4.72 Å². The molecule has 2 aliphatic heterocycles. The highest BCUT2D eigenvalue weighted by Gasteiger charge is 2.57. The number of carbonyl (C=O) groups is 1. The van der Waals surface area contributed by atoms with Gasteiger partial charge in [0.2, 0.25) is 0 Å². The zero-order valence-electron chi connectivity index (χ0n) is 17.6. The summed E-state index contributed by atoms with van der Waals surface area (Å²) in [7, 11) is -1.69. The molecule has 2 fully saturated rings. The van der Waals surface area contributed by atoms with Crippen LogP contribution in [0.25, 0.3) is 11.1 Å². The smallest absolute Gasteiger partial charge is 0.283 e. The van der Waals surface area contributed by atoms with Crippen molar-refractivity contribution < 1.29 is 26.9 Å². The zero-order valence-corrected chi connectivity index (χ0v) is 18.4. The van der Waals surface area contributed by atoms with Crippen molar-refractivity contribution in [1.82, 2.24) is 9.62 Å². The molecule has 0 saturated carbocycles. The van der Waals surface area contributed by atoms with Gasteiger partial charge in [0.1, 0.15) is 18.0 Å². The highest BCUT2D eigenvalue weighted by atomic mass is 32.2. The number of hydrogen-bond acceptors (Lipinski definition) is 3. The highest BCUT2D eigenvalue weighted by molar-refractivity contribution is 7.82. The lowest BCUT2D eigenvalue weighted by Crippen LogP contribution is -2.51. The Labute approximate surface area is 187 Å². The monoisotopic (exact) mass is 466 g/mol. The number of nitrogens with one attached hydrogen (secondary N) is 1. The Bertz CT molecular complexity index is 1010. The Hall–Kier alpha value is -2.23. The first-order chi connectivity index (χ1) is 15.2. The van der Waals surface area contributed by atoms with E-state index in [4.69, 9.17) is 4.74 Å². The maximum atomic E-state index is 14.9. The maximum absolute atomic E-state index is 14.9. The third-order valence-corrected chi connectivity index (χ3v) is 6.52. The largest absolute Gasteiger partial charge is 0.368 e. The van der Waals surface area contributed by atoms with Gasteiger partial charge in [0, 0.05) is 12.9 Å². The van der Waals surface area contributed by atoms with Gasteiger partial charge >= 0.3 is 0 Å². The van der Waals surface area contributed by atoms with Crippen LogP contribution in [0.15, 0.2) is 48.5 Å². The first-order valence-corrected chi connectivity index (χ1v) is 12.0. The molecule has 1 unspecified atom stereocenters. The van der Waals surface area contributed by atoms with E-state index < -0.39 is 47.5 Å². The number of hydrogen-bond donors (Lipinski definition) is 1. The molecule has 2 aromatic rings. The predicted molar refractivity (Wildman–Crippen MR) is 116 cm³/mol. The summed E-state index contributed by atoms with van der Waals surface area (Å²) < 4.78 is 63.2. The van der Waals surface area contributed by atoms with Gasteiger partial charge < -0.3 is 9.64 Å². The number of halogens is 3. The number of amides is 1. The summed E-state index contributed by atoms with van der Waals surface area (Å²) in [6, 6.07) is 10.9. The van der Waals surface area contributed by atoms with E-state index in [1.165, 1.54) is 23.3 Å². The number of alkyl halides is 2. The van der Waals surface area contributed by atoms with Crippen molar-refractivity contribution in [2.24, 2.45) is 0 Å². The third-order valence-electron chi connectivity index (χ3n) is 5.93. The summed E-state index contributed by atoms with van der Waals surface area (Å²) in [5.41, 5.74) is 2.13. The minimum Gasteiger partial charge on any atom is -0.368 e. The molecule has 0 bridgehead atoms. The highest BCUT2D eigenvalue weighted by Crippen LogP contribution is 2.36. The number of likely N-dealkylation sites (tertiary alicyclic amines) is 1. The second-order valence-electron chi connectivity index (χ2n) is 8.26. The van der Waals surface area contributed by atoms with E-state index in [9.17, 15) is 22.2 Å². The lowest BCUT2D eigenvalue weighted by molar-refractivity contribution is -0.143. The van der Waals surface area contributed by atoms with Crippen molar-refractivity contribution in [3.63, 3.8) is 0 Å². The SMILES string of the molecule is CS(=O)N[C@@H]1[C@H](Cc2cccc(-c3cccc(F)c3)c2)N(C(=O)[C@H]2CCCO2)CC1(F)F. The lowest BCUT2D eigenvalue weighted by atomic mass is 9.96. The van der Waals surface area contributed by atoms with Gasteiger partial charge in [-0.2, -0.15) is 0 Å². The first-order valence-electron chi connectivity index (χ1n) is 10.5. The molecular formula is C23H25F3N2O3S. The fourth-order valence-corrected chi connectivity index (χ4v) is 5.15. The molecule has 5 nitrogen and oxygen atoms in total. The maximum Gasteiger partial charge on any atom is 0.283 e. The Morgan fingerprint density at radius 2 is 1.94 bits per heavy atom. The quantitative estimate of drug-likeness (QED) is 0.711. The predicted octanol–water partition coefficient (Wildman–Crippen LogP) is 3.31. The van der Waals surface area contributed by atoms with Crippen LogP contribution in [0.5, 0.6) is 0 Å². The average Bonchev–Trinajstić information content (AvgIpc) is 3.36. The molecule has 1 N–H and O–H groups in total. The van der Waals surface area contributed by atoms with Crippen LogP contribution in [0.1, 0.15) is 18.4 Å². The molecule has 32 heavy (non-hydrogen) atoms. The van der Waals surface area contributed by atoms with E-state index >= 15 is 0 Å². The van der Waals surface area contributed by atoms with Gasteiger partial charge in [-0.05, 0) is 48.1 Å². The minimum atomic E-state index is -3.25. The molecule has 0 aromatic heterocycles. The van der Waals surface area contributed by atoms with Crippen LogP contribution in [0, 0.1) is 5.82 Å². The van der Waals surface area contributed by atoms with Crippen LogP contribution in [0.3, 0.4) is 0 Å². The molecule has 0 radical (unpaired) electrons. The van der Waals surface area contributed by atoms with Gasteiger partial charge in [0.25, 0.3) is 11.8 Å². The lowest BCUT2D eigenvalue weighted by Gasteiger charge is -2.29. The fourth-order valence-electron chi connectivity index (χ4n) is 4.46. The van der Waals surface area contributed by atoms with Gasteiger partial charge in [0.05, 0.1) is 23.6 Å². The Kier molecular flexibility index (Phi) is 6.69. The third kappa shape index (κ3) is 4.89. The summed E-state index contributed by atoms with van der Waals surface area (Å²) in [4.78, 5) is 14.2. The van der Waals surface area contributed by atoms with Crippen LogP contribution >= 0.6 is 0 Å². The second-order valence-corrected chi connectivity index (χ2v) is 9.40. The van der Waals surface area contributed by atoms with Crippen molar-refractivity contribution in [3.8, 4) is 11.1 Å². The van der Waals surface area contributed by atoms with Crippen molar-refractivity contribution in [1.29, 1.82) is 0 Å². The molecular weight excluding hydrogens is 441 g/mol. The van der Waals surface area contributed by atoms with Gasteiger partial charge in [0.15, 0.2) is 0 Å². The normalized spacial score (nSPS) is 25.8. The molecule has 2 aliphatic rings. The molecule has 0 aliphatic carbocycles. The molecule has 2 aromatic carbocycles. The first kappa shape index (κ1) is 22.9. The van der Waals surface area contributed by atoms with Crippen molar-refractivity contribution in [2.75, 3.05) is 19.4 Å². The molecule has 172 valence electrons.